The van der Waals surface area contributed by atoms with Crippen LogP contribution in [0.5, 0.6) is 0 Å². The molecule has 0 aliphatic heterocycles. The summed E-state index contributed by atoms with van der Waals surface area (Å²) in [7, 11) is 1.78. The second-order valence-corrected chi connectivity index (χ2v) is 5.45. The molecule has 1 aromatic heterocycles. The maximum Gasteiger partial charge on any atom is 0.242 e. The van der Waals surface area contributed by atoms with Gasteiger partial charge in [0.2, 0.25) is 11.8 Å². The summed E-state index contributed by atoms with van der Waals surface area (Å²) in [6.07, 6.45) is 1.56. The van der Waals surface area contributed by atoms with Gasteiger partial charge in [-0.3, -0.25) is 9.59 Å². The van der Waals surface area contributed by atoms with Gasteiger partial charge in [0.1, 0.15) is 12.3 Å². The number of rotatable bonds is 9. The predicted molar refractivity (Wildman–Crippen MR) is 113 cm³/mol. The van der Waals surface area contributed by atoms with Crippen LogP contribution >= 0.6 is 24.0 Å². The molecule has 0 unspecified atom stereocenters. The molecule has 9 heteroatoms. The van der Waals surface area contributed by atoms with Crippen molar-refractivity contribution in [2.75, 3.05) is 39.8 Å². The van der Waals surface area contributed by atoms with Crippen LogP contribution in [-0.4, -0.2) is 67.3 Å². The average molecular weight is 479 g/mol. The Morgan fingerprint density at radius 2 is 1.88 bits per heavy atom. The van der Waals surface area contributed by atoms with Gasteiger partial charge >= 0.3 is 0 Å². The van der Waals surface area contributed by atoms with Gasteiger partial charge in [-0.25, -0.2) is 4.99 Å². The minimum absolute atomic E-state index is 0. The van der Waals surface area contributed by atoms with Crippen LogP contribution in [0.2, 0.25) is 0 Å². The summed E-state index contributed by atoms with van der Waals surface area (Å²) in [4.78, 5) is 31.9. The molecule has 0 aromatic carbocycles. The molecule has 0 aliphatic carbocycles. The zero-order valence-corrected chi connectivity index (χ0v) is 18.3. The summed E-state index contributed by atoms with van der Waals surface area (Å²) in [6.45, 7) is 8.35. The average Bonchev–Trinajstić information content (AvgIpc) is 3.11. The highest BCUT2D eigenvalue weighted by Crippen LogP contribution is 1.98. The Labute approximate surface area is 172 Å². The summed E-state index contributed by atoms with van der Waals surface area (Å²) in [6, 6.07) is 3.56. The molecule has 0 aliphatic rings. The second-order valence-electron chi connectivity index (χ2n) is 5.45. The van der Waals surface area contributed by atoms with Gasteiger partial charge in [-0.05, 0) is 32.9 Å². The van der Waals surface area contributed by atoms with Crippen LogP contribution < -0.4 is 10.6 Å². The molecule has 1 aromatic rings. The van der Waals surface area contributed by atoms with Crippen molar-refractivity contribution in [1.29, 1.82) is 0 Å². The summed E-state index contributed by atoms with van der Waals surface area (Å²) >= 11 is 0. The third-order valence-electron chi connectivity index (χ3n) is 3.60. The fraction of sp³-hybridized carbons (Fsp3) is 0.588. The number of nitrogens with zero attached hydrogens (tertiary/aromatic N) is 3. The van der Waals surface area contributed by atoms with Crippen molar-refractivity contribution >= 4 is 41.8 Å². The van der Waals surface area contributed by atoms with E-state index >= 15 is 0 Å². The normalized spacial score (nSPS) is 10.7. The summed E-state index contributed by atoms with van der Waals surface area (Å²) in [5.74, 6) is 1.03. The van der Waals surface area contributed by atoms with E-state index in [1.165, 1.54) is 0 Å². The van der Waals surface area contributed by atoms with Crippen LogP contribution in [0.3, 0.4) is 0 Å². The van der Waals surface area contributed by atoms with Crippen molar-refractivity contribution in [1.82, 2.24) is 20.4 Å². The lowest BCUT2D eigenvalue weighted by Crippen LogP contribution is -2.46. The number of likely N-dealkylation sites (N-methyl/N-ethyl adjacent to an activating group) is 2. The minimum Gasteiger partial charge on any atom is -0.467 e. The number of carbonyl (C=O) groups is 2. The van der Waals surface area contributed by atoms with E-state index in [4.69, 9.17) is 4.42 Å². The van der Waals surface area contributed by atoms with Gasteiger partial charge < -0.3 is 24.9 Å². The van der Waals surface area contributed by atoms with Crippen LogP contribution in [0.25, 0.3) is 0 Å². The van der Waals surface area contributed by atoms with Gasteiger partial charge in [0, 0.05) is 26.7 Å². The highest BCUT2D eigenvalue weighted by Gasteiger charge is 2.15. The molecule has 2 amide bonds. The van der Waals surface area contributed by atoms with Gasteiger partial charge in [-0.2, -0.15) is 0 Å². The van der Waals surface area contributed by atoms with Gasteiger partial charge in [0.15, 0.2) is 5.96 Å². The molecule has 0 spiro atoms. The molecule has 26 heavy (non-hydrogen) atoms. The van der Waals surface area contributed by atoms with E-state index in [0.29, 0.717) is 37.9 Å². The number of hydrogen-bond acceptors (Lipinski definition) is 4. The van der Waals surface area contributed by atoms with Crippen LogP contribution in [-0.2, 0) is 16.1 Å². The number of guanidine groups is 1. The number of amides is 2. The Morgan fingerprint density at radius 1 is 1.19 bits per heavy atom. The van der Waals surface area contributed by atoms with Crippen molar-refractivity contribution < 1.29 is 14.0 Å². The van der Waals surface area contributed by atoms with Crippen LogP contribution in [0.1, 0.15) is 26.5 Å². The van der Waals surface area contributed by atoms with E-state index in [-0.39, 0.29) is 48.9 Å². The van der Waals surface area contributed by atoms with Gasteiger partial charge in [0.05, 0.1) is 19.4 Å². The smallest absolute Gasteiger partial charge is 0.242 e. The highest BCUT2D eigenvalue weighted by molar-refractivity contribution is 14.0. The number of nitrogens with one attached hydrogen (secondary N) is 2. The third kappa shape index (κ3) is 8.54. The molecule has 0 saturated carbocycles. The number of furan rings is 1. The molecule has 0 radical (unpaired) electrons. The Hall–Kier alpha value is -1.78. The molecule has 0 fully saturated rings. The van der Waals surface area contributed by atoms with Gasteiger partial charge in [-0.1, -0.05) is 0 Å². The monoisotopic (exact) mass is 479 g/mol. The molecule has 0 saturated heterocycles. The maximum atomic E-state index is 12.2. The van der Waals surface area contributed by atoms with E-state index in [0.717, 1.165) is 0 Å². The van der Waals surface area contributed by atoms with E-state index in [2.05, 4.69) is 15.6 Å². The van der Waals surface area contributed by atoms with E-state index in [1.54, 1.807) is 35.2 Å². The third-order valence-corrected chi connectivity index (χ3v) is 3.60. The van der Waals surface area contributed by atoms with Crippen LogP contribution in [0.4, 0.5) is 0 Å². The Bertz CT molecular complexity index is 559. The Kier molecular flexibility index (Phi) is 12.5. The lowest BCUT2D eigenvalue weighted by atomic mass is 10.4. The zero-order valence-electron chi connectivity index (χ0n) is 15.9. The number of aliphatic imine (C=N–C) groups is 1. The first-order valence-corrected chi connectivity index (χ1v) is 8.58. The molecule has 0 bridgehead atoms. The standard InChI is InChI=1S/C17H29N5O3.HI/c1-5-18-17(21(4)13-16(24)22(6-2)7-3)20-12-15(23)19-11-14-9-8-10-25-14;/h8-10H,5-7,11-13H2,1-4H3,(H,18,20)(H,19,23);1H. The van der Waals surface area contributed by atoms with Crippen LogP contribution in [0.15, 0.2) is 27.8 Å². The molecule has 2 N–H and O–H groups in total. The number of halogens is 1. The van der Waals surface area contributed by atoms with Crippen molar-refractivity contribution in [3.63, 3.8) is 0 Å². The predicted octanol–water partition coefficient (Wildman–Crippen LogP) is 1.28. The molecule has 0 atom stereocenters. The van der Waals surface area contributed by atoms with Crippen molar-refractivity contribution in [2.24, 2.45) is 4.99 Å². The van der Waals surface area contributed by atoms with Crippen molar-refractivity contribution in [2.45, 2.75) is 27.3 Å². The lowest BCUT2D eigenvalue weighted by molar-refractivity contribution is -0.131. The SMILES string of the molecule is CCNC(=NCC(=O)NCc1ccco1)N(C)CC(=O)N(CC)CC.I. The van der Waals surface area contributed by atoms with Crippen molar-refractivity contribution in [3.8, 4) is 0 Å². The Morgan fingerprint density at radius 3 is 2.42 bits per heavy atom. The topological polar surface area (TPSA) is 90.2 Å². The number of hydrogen-bond donors (Lipinski definition) is 2. The Balaban J connectivity index is 0.00000625. The van der Waals surface area contributed by atoms with E-state index < -0.39 is 0 Å². The largest absolute Gasteiger partial charge is 0.467 e. The molecule has 1 rings (SSSR count). The van der Waals surface area contributed by atoms with Crippen LogP contribution in [0, 0.1) is 0 Å². The summed E-state index contributed by atoms with van der Waals surface area (Å²) < 4.78 is 5.16. The highest BCUT2D eigenvalue weighted by atomic mass is 127. The molecule has 8 nitrogen and oxygen atoms in total. The quantitative estimate of drug-likeness (QED) is 0.317. The van der Waals surface area contributed by atoms with E-state index in [9.17, 15) is 9.59 Å². The number of carbonyl (C=O) groups excluding carboxylic acids is 2. The molecular formula is C17H30IN5O3. The van der Waals surface area contributed by atoms with Gasteiger partial charge in [-0.15, -0.1) is 24.0 Å². The zero-order chi connectivity index (χ0) is 18.7. The molecule has 1 heterocycles. The minimum atomic E-state index is -0.213. The van der Waals surface area contributed by atoms with Crippen molar-refractivity contribution in [3.05, 3.63) is 24.2 Å². The second kappa shape index (κ2) is 13.4. The summed E-state index contributed by atoms with van der Waals surface area (Å²) in [5.41, 5.74) is 0. The first-order chi connectivity index (χ1) is 12.0. The lowest BCUT2D eigenvalue weighted by Gasteiger charge is -2.25. The fourth-order valence-corrected chi connectivity index (χ4v) is 2.23. The fourth-order valence-electron chi connectivity index (χ4n) is 2.23. The van der Waals surface area contributed by atoms with E-state index in [1.807, 2.05) is 20.8 Å². The van der Waals surface area contributed by atoms with Gasteiger partial charge in [0.25, 0.3) is 0 Å². The molecule has 148 valence electrons. The first kappa shape index (κ1) is 24.2. The molecular weight excluding hydrogens is 449 g/mol. The first-order valence-electron chi connectivity index (χ1n) is 8.58. The summed E-state index contributed by atoms with van der Waals surface area (Å²) in [5, 5.41) is 5.83. The maximum absolute atomic E-state index is 12.2.